The summed E-state index contributed by atoms with van der Waals surface area (Å²) in [5, 5.41) is 39.8. The lowest BCUT2D eigenvalue weighted by Gasteiger charge is -2.05. The molecule has 0 aromatic heterocycles. The molecule has 0 amide bonds. The molecule has 0 aliphatic rings. The van der Waals surface area contributed by atoms with Crippen LogP contribution >= 0.6 is 0 Å². The molecule has 0 atom stereocenters. The number of carbonyl (C=O) groups is 2. The number of esters is 2. The van der Waals surface area contributed by atoms with Crippen LogP contribution in [0, 0.1) is 30.3 Å². The third-order valence-corrected chi connectivity index (χ3v) is 4.15. The lowest BCUT2D eigenvalue weighted by molar-refractivity contribution is -0.385. The number of carbonyl (C=O) groups excluding carboxylic acids is 2. The van der Waals surface area contributed by atoms with E-state index in [0.717, 1.165) is 0 Å². The summed E-state index contributed by atoms with van der Waals surface area (Å²) in [6, 6.07) is 14.9. The van der Waals surface area contributed by atoms with Crippen LogP contribution in [0.15, 0.2) is 72.8 Å². The summed E-state index contributed by atoms with van der Waals surface area (Å²) in [7, 11) is 0. The Morgan fingerprint density at radius 1 is 0.583 bits per heavy atom. The second kappa shape index (κ2) is 12.7. The van der Waals surface area contributed by atoms with E-state index in [4.69, 9.17) is 14.6 Å². The molecule has 14 heteroatoms. The molecule has 0 aliphatic carbocycles. The fourth-order valence-electron chi connectivity index (χ4n) is 2.42. The van der Waals surface area contributed by atoms with Crippen LogP contribution in [-0.4, -0.2) is 31.8 Å². The number of non-ortho nitro benzene ring substituents is 3. The highest BCUT2D eigenvalue weighted by Gasteiger charge is 2.13. The molecule has 0 unspecified atom stereocenters. The van der Waals surface area contributed by atoms with E-state index in [2.05, 4.69) is 0 Å². The van der Waals surface area contributed by atoms with Crippen molar-refractivity contribution >= 4 is 29.0 Å². The van der Waals surface area contributed by atoms with Gasteiger partial charge < -0.3 is 14.6 Å². The van der Waals surface area contributed by atoms with Gasteiger partial charge in [0, 0.05) is 36.4 Å². The molecule has 14 nitrogen and oxygen atoms in total. The zero-order valence-electron chi connectivity index (χ0n) is 18.2. The first-order valence-electron chi connectivity index (χ1n) is 9.89. The van der Waals surface area contributed by atoms with Crippen molar-refractivity contribution in [2.24, 2.45) is 0 Å². The molecule has 186 valence electrons. The lowest BCUT2D eigenvalue weighted by Crippen LogP contribution is -2.14. The van der Waals surface area contributed by atoms with E-state index in [1.54, 1.807) is 0 Å². The maximum atomic E-state index is 11.7. The van der Waals surface area contributed by atoms with E-state index in [0.29, 0.717) is 0 Å². The number of aromatic hydroxyl groups is 1. The van der Waals surface area contributed by atoms with Crippen LogP contribution in [0.2, 0.25) is 0 Å². The fourth-order valence-corrected chi connectivity index (χ4v) is 2.42. The van der Waals surface area contributed by atoms with Gasteiger partial charge in [-0.1, -0.05) is 0 Å². The highest BCUT2D eigenvalue weighted by molar-refractivity contribution is 5.80. The molecule has 1 N–H and O–H groups in total. The van der Waals surface area contributed by atoms with Crippen molar-refractivity contribution in [3.05, 3.63) is 103 Å². The van der Waals surface area contributed by atoms with Gasteiger partial charge in [-0.05, 0) is 36.4 Å². The van der Waals surface area contributed by atoms with Crippen LogP contribution in [0.25, 0.3) is 0 Å². The fraction of sp³-hybridized carbons (Fsp3) is 0.0909. The van der Waals surface area contributed by atoms with Crippen molar-refractivity contribution in [1.82, 2.24) is 0 Å². The zero-order chi connectivity index (χ0) is 26.7. The Hall–Kier alpha value is -5.40. The van der Waals surface area contributed by atoms with E-state index < -0.39 is 26.7 Å². The number of benzene rings is 3. The van der Waals surface area contributed by atoms with E-state index in [1.807, 2.05) is 0 Å². The van der Waals surface area contributed by atoms with Gasteiger partial charge in [0.1, 0.15) is 17.2 Å². The first kappa shape index (κ1) is 26.8. The minimum atomic E-state index is -0.709. The van der Waals surface area contributed by atoms with Crippen LogP contribution in [0.5, 0.6) is 17.2 Å². The Morgan fingerprint density at radius 3 is 1.14 bits per heavy atom. The molecule has 0 saturated heterocycles. The Kier molecular flexibility index (Phi) is 9.50. The maximum Gasteiger partial charge on any atom is 0.311 e. The molecular weight excluding hydrogens is 482 g/mol. The van der Waals surface area contributed by atoms with Crippen LogP contribution in [-0.2, 0) is 9.59 Å². The average molecular weight is 499 g/mol. The molecule has 3 rings (SSSR count). The number of nitro groups is 3. The Morgan fingerprint density at radius 2 is 0.861 bits per heavy atom. The van der Waals surface area contributed by atoms with Gasteiger partial charge in [0.15, 0.2) is 0 Å². The molecule has 0 heterocycles. The second-order valence-corrected chi connectivity index (χ2v) is 6.72. The average Bonchev–Trinajstić information content (AvgIpc) is 2.84. The van der Waals surface area contributed by atoms with Crippen LogP contribution < -0.4 is 9.47 Å². The first-order chi connectivity index (χ1) is 17.0. The molecule has 0 radical (unpaired) electrons. The summed E-state index contributed by atoms with van der Waals surface area (Å²) in [4.78, 5) is 52.7. The van der Waals surface area contributed by atoms with Crippen molar-refractivity contribution in [2.45, 2.75) is 12.8 Å². The molecule has 3 aromatic rings. The summed E-state index contributed by atoms with van der Waals surface area (Å²) in [5.41, 5.74) is -0.300. The van der Waals surface area contributed by atoms with Gasteiger partial charge in [-0.15, -0.1) is 0 Å². The summed E-state index contributed by atoms with van der Waals surface area (Å²) < 4.78 is 9.90. The minimum Gasteiger partial charge on any atom is -0.508 e. The number of nitrogens with zero attached hydrogens (tertiary/aromatic N) is 3. The smallest absolute Gasteiger partial charge is 0.311 e. The molecule has 0 saturated carbocycles. The van der Waals surface area contributed by atoms with Crippen LogP contribution in [0.3, 0.4) is 0 Å². The maximum absolute atomic E-state index is 11.7. The van der Waals surface area contributed by atoms with Crippen LogP contribution in [0.4, 0.5) is 17.1 Å². The van der Waals surface area contributed by atoms with E-state index in [1.165, 1.54) is 72.8 Å². The van der Waals surface area contributed by atoms with Gasteiger partial charge in [-0.3, -0.25) is 39.9 Å². The van der Waals surface area contributed by atoms with Crippen molar-refractivity contribution in [2.75, 3.05) is 0 Å². The quantitative estimate of drug-likeness (QED) is 0.202. The third kappa shape index (κ3) is 8.86. The van der Waals surface area contributed by atoms with Gasteiger partial charge in [0.05, 0.1) is 27.6 Å². The highest BCUT2D eigenvalue weighted by atomic mass is 16.6. The number of rotatable bonds is 8. The summed E-state index contributed by atoms with van der Waals surface area (Å²) >= 11 is 0. The monoisotopic (exact) mass is 499 g/mol. The van der Waals surface area contributed by atoms with Gasteiger partial charge in [0.25, 0.3) is 17.1 Å². The Labute approximate surface area is 201 Å². The van der Waals surface area contributed by atoms with E-state index in [9.17, 15) is 39.9 Å². The molecule has 3 aromatic carbocycles. The third-order valence-electron chi connectivity index (χ3n) is 4.15. The molecule has 0 bridgehead atoms. The van der Waals surface area contributed by atoms with Crippen molar-refractivity contribution < 1.29 is 38.9 Å². The SMILES string of the molecule is O=C(CCC(=O)Oc1ccc([N+](=O)[O-])cc1)Oc1ccc([N+](=O)[O-])cc1.O=[N+]([O-])c1ccc(O)cc1. The predicted molar refractivity (Wildman–Crippen MR) is 121 cm³/mol. The molecule has 0 fully saturated rings. The second-order valence-electron chi connectivity index (χ2n) is 6.72. The van der Waals surface area contributed by atoms with Gasteiger partial charge in [-0.2, -0.15) is 0 Å². The van der Waals surface area contributed by atoms with Gasteiger partial charge in [-0.25, -0.2) is 0 Å². The molecular formula is C22H17N3O11. The normalized spacial score (nSPS) is 9.78. The summed E-state index contributed by atoms with van der Waals surface area (Å²) in [5.74, 6) is -1.15. The van der Waals surface area contributed by atoms with E-state index >= 15 is 0 Å². The van der Waals surface area contributed by atoms with Gasteiger partial charge in [0.2, 0.25) is 0 Å². The molecule has 36 heavy (non-hydrogen) atoms. The first-order valence-corrected chi connectivity index (χ1v) is 9.89. The summed E-state index contributed by atoms with van der Waals surface area (Å²) in [6.07, 6.45) is -0.522. The van der Waals surface area contributed by atoms with Crippen molar-refractivity contribution in [1.29, 1.82) is 0 Å². The number of hydrogen-bond acceptors (Lipinski definition) is 11. The van der Waals surface area contributed by atoms with Gasteiger partial charge >= 0.3 is 11.9 Å². The number of nitro benzene ring substituents is 3. The van der Waals surface area contributed by atoms with Crippen molar-refractivity contribution in [3.63, 3.8) is 0 Å². The topological polar surface area (TPSA) is 202 Å². The number of hydrogen-bond donors (Lipinski definition) is 1. The van der Waals surface area contributed by atoms with Crippen LogP contribution in [0.1, 0.15) is 12.8 Å². The number of ether oxygens (including phenoxy) is 2. The summed E-state index contributed by atoms with van der Waals surface area (Å²) in [6.45, 7) is 0. The largest absolute Gasteiger partial charge is 0.508 e. The van der Waals surface area contributed by atoms with Crippen molar-refractivity contribution in [3.8, 4) is 17.2 Å². The standard InChI is InChI=1S/C16H12N2O8.C6H5NO3/c19-15(25-13-5-1-11(2-6-13)17(21)22)9-10-16(20)26-14-7-3-12(4-8-14)18(23)24;8-6-3-1-5(2-4-6)7(9)10/h1-8H,9-10H2;1-4,8H. The molecule has 0 spiro atoms. The Balaban J connectivity index is 0.000000380. The molecule has 0 aliphatic heterocycles. The number of phenols is 1. The highest BCUT2D eigenvalue weighted by Crippen LogP contribution is 2.19. The predicted octanol–water partition coefficient (Wildman–Crippen LogP) is 4.09. The zero-order valence-corrected chi connectivity index (χ0v) is 18.2. The lowest BCUT2D eigenvalue weighted by atomic mass is 10.3. The number of phenolic OH excluding ortho intramolecular Hbond substituents is 1. The Bertz CT molecular complexity index is 1170. The minimum absolute atomic E-state index is 0.0159. The van der Waals surface area contributed by atoms with E-state index in [-0.39, 0.29) is 47.2 Å².